The van der Waals surface area contributed by atoms with Crippen molar-refractivity contribution in [2.75, 3.05) is 24.6 Å². The zero-order chi connectivity index (χ0) is 17.9. The smallest absolute Gasteiger partial charge is 0.257 e. The summed E-state index contributed by atoms with van der Waals surface area (Å²) in [4.78, 5) is 14.3. The number of ether oxygens (including phenoxy) is 1. The third kappa shape index (κ3) is 4.32. The average Bonchev–Trinajstić information content (AvgIpc) is 2.61. The van der Waals surface area contributed by atoms with Gasteiger partial charge in [0.1, 0.15) is 12.4 Å². The summed E-state index contributed by atoms with van der Waals surface area (Å²) in [6.07, 6.45) is 0. The lowest BCUT2D eigenvalue weighted by molar-refractivity contribution is 0.0765. The summed E-state index contributed by atoms with van der Waals surface area (Å²) >= 11 is 6.13. The minimum Gasteiger partial charge on any atom is -0.488 e. The number of carbonyl (C=O) groups excluding carboxylic acids is 1. The molecule has 0 atom stereocenters. The third-order valence-electron chi connectivity index (χ3n) is 4.09. The van der Waals surface area contributed by atoms with Gasteiger partial charge in [-0.25, -0.2) is 8.42 Å². The molecule has 0 unspecified atom stereocenters. The molecule has 1 saturated heterocycles. The van der Waals surface area contributed by atoms with Gasteiger partial charge in [0.25, 0.3) is 5.91 Å². The van der Waals surface area contributed by atoms with Gasteiger partial charge < -0.3 is 9.64 Å². The van der Waals surface area contributed by atoms with Crippen LogP contribution in [0.25, 0.3) is 0 Å². The number of hydrogen-bond acceptors (Lipinski definition) is 4. The highest BCUT2D eigenvalue weighted by molar-refractivity contribution is 7.91. The fourth-order valence-electron chi connectivity index (χ4n) is 2.63. The van der Waals surface area contributed by atoms with Crippen LogP contribution in [-0.4, -0.2) is 43.8 Å². The molecule has 1 aliphatic heterocycles. The number of hydrogen-bond donors (Lipinski definition) is 0. The fraction of sp³-hybridized carbons (Fsp3) is 0.278. The Morgan fingerprint density at radius 1 is 1.04 bits per heavy atom. The second-order valence-corrected chi connectivity index (χ2v) is 8.53. The van der Waals surface area contributed by atoms with Crippen LogP contribution in [0.1, 0.15) is 15.9 Å². The maximum Gasteiger partial charge on any atom is 0.257 e. The van der Waals surface area contributed by atoms with Crippen molar-refractivity contribution in [1.82, 2.24) is 4.90 Å². The molecule has 0 spiro atoms. The molecule has 132 valence electrons. The molecule has 1 heterocycles. The van der Waals surface area contributed by atoms with E-state index in [1.807, 2.05) is 18.2 Å². The molecular weight excluding hydrogens is 362 g/mol. The number of halogens is 1. The van der Waals surface area contributed by atoms with Gasteiger partial charge in [0.2, 0.25) is 0 Å². The molecule has 0 N–H and O–H groups in total. The van der Waals surface area contributed by atoms with Gasteiger partial charge in [-0.2, -0.15) is 0 Å². The van der Waals surface area contributed by atoms with E-state index in [4.69, 9.17) is 16.3 Å². The van der Waals surface area contributed by atoms with E-state index in [1.54, 1.807) is 35.2 Å². The zero-order valence-corrected chi connectivity index (χ0v) is 15.1. The van der Waals surface area contributed by atoms with Crippen molar-refractivity contribution in [3.05, 3.63) is 64.7 Å². The van der Waals surface area contributed by atoms with E-state index in [9.17, 15) is 13.2 Å². The van der Waals surface area contributed by atoms with Crippen LogP contribution in [0, 0.1) is 0 Å². The van der Waals surface area contributed by atoms with Gasteiger partial charge in [-0.05, 0) is 18.2 Å². The standard InChI is InChI=1S/C18H18ClNO4S/c19-16-7-3-1-5-14(16)13-24-17-8-4-2-6-15(17)18(21)20-9-11-25(22,23)12-10-20/h1-8H,9-13H2. The van der Waals surface area contributed by atoms with Gasteiger partial charge in [-0.1, -0.05) is 41.9 Å². The van der Waals surface area contributed by atoms with Crippen LogP contribution in [0.15, 0.2) is 48.5 Å². The summed E-state index contributed by atoms with van der Waals surface area (Å²) in [7, 11) is -3.03. The monoisotopic (exact) mass is 379 g/mol. The molecule has 2 aromatic rings. The van der Waals surface area contributed by atoms with E-state index in [0.29, 0.717) is 16.3 Å². The molecule has 2 aromatic carbocycles. The predicted molar refractivity (Wildman–Crippen MR) is 96.8 cm³/mol. The molecule has 0 saturated carbocycles. The largest absolute Gasteiger partial charge is 0.488 e. The summed E-state index contributed by atoms with van der Waals surface area (Å²) in [5.74, 6) is 0.244. The van der Waals surface area contributed by atoms with Crippen molar-refractivity contribution in [2.45, 2.75) is 6.61 Å². The highest BCUT2D eigenvalue weighted by Gasteiger charge is 2.27. The van der Waals surface area contributed by atoms with Crippen molar-refractivity contribution in [3.63, 3.8) is 0 Å². The number of amides is 1. The Hall–Kier alpha value is -2.05. The summed E-state index contributed by atoms with van der Waals surface area (Å²) in [5.41, 5.74) is 1.25. The lowest BCUT2D eigenvalue weighted by atomic mass is 10.1. The van der Waals surface area contributed by atoms with E-state index in [1.165, 1.54) is 0 Å². The molecule has 1 fully saturated rings. The van der Waals surface area contributed by atoms with Crippen LogP contribution in [0.5, 0.6) is 5.75 Å². The van der Waals surface area contributed by atoms with Crippen LogP contribution in [0.4, 0.5) is 0 Å². The van der Waals surface area contributed by atoms with E-state index in [2.05, 4.69) is 0 Å². The minimum absolute atomic E-state index is 0.00138. The summed E-state index contributed by atoms with van der Waals surface area (Å²) in [6, 6.07) is 14.3. The average molecular weight is 380 g/mol. The molecule has 3 rings (SSSR count). The quantitative estimate of drug-likeness (QED) is 0.819. The van der Waals surface area contributed by atoms with Gasteiger partial charge in [0.05, 0.1) is 17.1 Å². The van der Waals surface area contributed by atoms with Gasteiger partial charge in [-0.15, -0.1) is 0 Å². The van der Waals surface area contributed by atoms with Gasteiger partial charge in [0, 0.05) is 23.7 Å². The molecule has 25 heavy (non-hydrogen) atoms. The topological polar surface area (TPSA) is 63.7 Å². The zero-order valence-electron chi connectivity index (χ0n) is 13.5. The molecule has 0 bridgehead atoms. The molecule has 1 aliphatic rings. The lowest BCUT2D eigenvalue weighted by Gasteiger charge is -2.27. The Morgan fingerprint density at radius 3 is 2.40 bits per heavy atom. The minimum atomic E-state index is -3.03. The van der Waals surface area contributed by atoms with E-state index >= 15 is 0 Å². The number of sulfone groups is 1. The second kappa shape index (κ2) is 7.45. The van der Waals surface area contributed by atoms with Crippen molar-refractivity contribution < 1.29 is 17.9 Å². The number of rotatable bonds is 4. The van der Waals surface area contributed by atoms with Gasteiger partial charge in [0.15, 0.2) is 9.84 Å². The summed E-state index contributed by atoms with van der Waals surface area (Å²) in [5, 5.41) is 0.604. The van der Waals surface area contributed by atoms with Crippen molar-refractivity contribution in [1.29, 1.82) is 0 Å². The molecule has 7 heteroatoms. The highest BCUT2D eigenvalue weighted by Crippen LogP contribution is 2.23. The Balaban J connectivity index is 1.74. The second-order valence-electron chi connectivity index (χ2n) is 5.82. The Labute approximate surface area is 152 Å². The predicted octanol–water partition coefficient (Wildman–Crippen LogP) is 2.79. The number of nitrogens with zero attached hydrogens (tertiary/aromatic N) is 1. The summed E-state index contributed by atoms with van der Waals surface area (Å²) in [6.45, 7) is 0.665. The Kier molecular flexibility index (Phi) is 5.30. The molecule has 0 aromatic heterocycles. The molecule has 5 nitrogen and oxygen atoms in total. The molecule has 0 radical (unpaired) electrons. The van der Waals surface area contributed by atoms with E-state index in [0.717, 1.165) is 5.56 Å². The van der Waals surface area contributed by atoms with Crippen LogP contribution in [-0.2, 0) is 16.4 Å². The van der Waals surface area contributed by atoms with Crippen LogP contribution in [0.2, 0.25) is 5.02 Å². The molecule has 1 amide bonds. The Morgan fingerprint density at radius 2 is 1.68 bits per heavy atom. The van der Waals surface area contributed by atoms with Crippen LogP contribution >= 0.6 is 11.6 Å². The van der Waals surface area contributed by atoms with Gasteiger partial charge in [-0.3, -0.25) is 4.79 Å². The lowest BCUT2D eigenvalue weighted by Crippen LogP contribution is -2.43. The fourth-order valence-corrected chi connectivity index (χ4v) is 4.02. The highest BCUT2D eigenvalue weighted by atomic mass is 35.5. The first-order valence-electron chi connectivity index (χ1n) is 7.91. The maximum absolute atomic E-state index is 12.7. The first-order chi connectivity index (χ1) is 12.0. The third-order valence-corrected chi connectivity index (χ3v) is 6.07. The SMILES string of the molecule is O=C(c1ccccc1OCc1ccccc1Cl)N1CCS(=O)(=O)CC1. The molecule has 0 aliphatic carbocycles. The van der Waals surface area contributed by atoms with Crippen molar-refractivity contribution >= 4 is 27.3 Å². The molecular formula is C18H18ClNO4S. The van der Waals surface area contributed by atoms with Crippen LogP contribution in [0.3, 0.4) is 0 Å². The van der Waals surface area contributed by atoms with Crippen molar-refractivity contribution in [3.8, 4) is 5.75 Å². The number of benzene rings is 2. The normalized spacial score (nSPS) is 16.4. The Bertz CT molecular complexity index is 868. The van der Waals surface area contributed by atoms with Gasteiger partial charge >= 0.3 is 0 Å². The maximum atomic E-state index is 12.7. The first kappa shape index (κ1) is 17.8. The number of carbonyl (C=O) groups is 1. The van der Waals surface area contributed by atoms with Crippen LogP contribution < -0.4 is 4.74 Å². The van der Waals surface area contributed by atoms with E-state index < -0.39 is 9.84 Å². The van der Waals surface area contributed by atoms with E-state index in [-0.39, 0.29) is 37.1 Å². The number of para-hydroxylation sites is 1. The first-order valence-corrected chi connectivity index (χ1v) is 10.1. The van der Waals surface area contributed by atoms with Crippen molar-refractivity contribution in [2.24, 2.45) is 0 Å². The summed E-state index contributed by atoms with van der Waals surface area (Å²) < 4.78 is 28.9.